The van der Waals surface area contributed by atoms with Gasteiger partial charge in [0.1, 0.15) is 0 Å². The molecule has 0 aromatic carbocycles. The Labute approximate surface area is 121 Å². The topological polar surface area (TPSA) is 136 Å². The van der Waals surface area contributed by atoms with Crippen LogP contribution in [0.2, 0.25) is 0 Å². The molecule has 2 aromatic heterocycles. The average molecular weight is 291 g/mol. The molecule has 0 bridgehead atoms. The van der Waals surface area contributed by atoms with Crippen LogP contribution in [-0.4, -0.2) is 43.7 Å². The van der Waals surface area contributed by atoms with Crippen molar-refractivity contribution >= 4 is 17.8 Å². The third-order valence-corrected chi connectivity index (χ3v) is 2.44. The minimum atomic E-state index is -0.139. The van der Waals surface area contributed by atoms with Crippen molar-refractivity contribution in [1.29, 1.82) is 0 Å². The van der Waals surface area contributed by atoms with E-state index in [4.69, 9.17) is 5.84 Å². The van der Waals surface area contributed by atoms with Gasteiger partial charge in [-0.1, -0.05) is 6.92 Å². The summed E-state index contributed by atoms with van der Waals surface area (Å²) >= 11 is 0. The van der Waals surface area contributed by atoms with Crippen molar-refractivity contribution in [3.05, 3.63) is 18.5 Å². The molecule has 10 heteroatoms. The summed E-state index contributed by atoms with van der Waals surface area (Å²) in [5, 5.41) is 9.59. The Kier molecular flexibility index (Phi) is 4.99. The summed E-state index contributed by atoms with van der Waals surface area (Å²) in [5.41, 5.74) is 2.35. The Hall–Kier alpha value is -2.75. The van der Waals surface area contributed by atoms with Crippen LogP contribution < -0.4 is 21.9 Å². The lowest BCUT2D eigenvalue weighted by molar-refractivity contribution is -0.119. The van der Waals surface area contributed by atoms with Crippen LogP contribution in [0.25, 0.3) is 5.95 Å². The van der Waals surface area contributed by atoms with Crippen molar-refractivity contribution in [2.24, 2.45) is 5.84 Å². The van der Waals surface area contributed by atoms with Gasteiger partial charge in [0.25, 0.3) is 5.95 Å². The highest BCUT2D eigenvalue weighted by molar-refractivity contribution is 5.80. The number of nitrogen functional groups attached to an aromatic ring is 1. The van der Waals surface area contributed by atoms with E-state index >= 15 is 0 Å². The SMILES string of the molecule is CCCNC(=O)CNc1nc(NN)nc(-n2cccn2)n1. The zero-order valence-electron chi connectivity index (χ0n) is 11.6. The van der Waals surface area contributed by atoms with Gasteiger partial charge in [0, 0.05) is 18.9 Å². The van der Waals surface area contributed by atoms with Gasteiger partial charge >= 0.3 is 0 Å². The lowest BCUT2D eigenvalue weighted by Gasteiger charge is -2.08. The fourth-order valence-corrected chi connectivity index (χ4v) is 1.48. The molecule has 2 aromatic rings. The fourth-order valence-electron chi connectivity index (χ4n) is 1.48. The first kappa shape index (κ1) is 14.7. The molecule has 0 unspecified atom stereocenters. The Morgan fingerprint density at radius 2 is 2.14 bits per heavy atom. The standard InChI is InChI=1S/C11H17N9O/c1-2-4-13-8(21)7-14-9-16-10(19-12)18-11(17-9)20-6-3-5-15-20/h3,5-6H,2,4,7,12H2,1H3,(H,13,21)(H2,14,16,17,18,19). The number of aromatic nitrogens is 5. The molecule has 0 saturated carbocycles. The number of nitrogens with two attached hydrogens (primary N) is 1. The van der Waals surface area contributed by atoms with E-state index < -0.39 is 0 Å². The summed E-state index contributed by atoms with van der Waals surface area (Å²) in [6.07, 6.45) is 4.17. The molecule has 112 valence electrons. The molecule has 0 aliphatic rings. The molecule has 0 aliphatic carbocycles. The lowest BCUT2D eigenvalue weighted by atomic mass is 10.4. The summed E-state index contributed by atoms with van der Waals surface area (Å²) in [5.74, 6) is 5.88. The quantitative estimate of drug-likeness (QED) is 0.387. The first-order valence-electron chi connectivity index (χ1n) is 6.46. The Bertz CT molecular complexity index is 583. The molecular formula is C11H17N9O. The van der Waals surface area contributed by atoms with Gasteiger partial charge in [-0.15, -0.1) is 0 Å². The van der Waals surface area contributed by atoms with Crippen molar-refractivity contribution in [2.45, 2.75) is 13.3 Å². The summed E-state index contributed by atoms with van der Waals surface area (Å²) in [7, 11) is 0. The Morgan fingerprint density at radius 1 is 1.33 bits per heavy atom. The van der Waals surface area contributed by atoms with Crippen molar-refractivity contribution in [3.8, 4) is 5.95 Å². The Balaban J connectivity index is 2.08. The minimum absolute atomic E-state index is 0.0621. The third-order valence-electron chi connectivity index (χ3n) is 2.44. The van der Waals surface area contributed by atoms with Crippen LogP contribution in [0, 0.1) is 0 Å². The van der Waals surface area contributed by atoms with Gasteiger partial charge in [0.2, 0.25) is 17.8 Å². The second-order valence-corrected chi connectivity index (χ2v) is 4.08. The van der Waals surface area contributed by atoms with Crippen LogP contribution >= 0.6 is 0 Å². The average Bonchev–Trinajstić information content (AvgIpc) is 3.05. The molecule has 0 fully saturated rings. The van der Waals surface area contributed by atoms with Crippen molar-refractivity contribution in [3.63, 3.8) is 0 Å². The molecule has 21 heavy (non-hydrogen) atoms. The van der Waals surface area contributed by atoms with Crippen LogP contribution in [-0.2, 0) is 4.79 Å². The van der Waals surface area contributed by atoms with Gasteiger partial charge in [0.15, 0.2) is 0 Å². The van der Waals surface area contributed by atoms with Gasteiger partial charge in [0.05, 0.1) is 6.54 Å². The molecule has 2 rings (SSSR count). The molecule has 0 aliphatic heterocycles. The van der Waals surface area contributed by atoms with Gasteiger partial charge < -0.3 is 10.6 Å². The summed E-state index contributed by atoms with van der Waals surface area (Å²) in [6, 6.07) is 1.74. The van der Waals surface area contributed by atoms with Crippen LogP contribution in [0.1, 0.15) is 13.3 Å². The van der Waals surface area contributed by atoms with Crippen molar-refractivity contribution in [1.82, 2.24) is 30.0 Å². The van der Waals surface area contributed by atoms with Crippen LogP contribution in [0.5, 0.6) is 0 Å². The lowest BCUT2D eigenvalue weighted by Crippen LogP contribution is -2.31. The van der Waals surface area contributed by atoms with E-state index in [0.29, 0.717) is 12.5 Å². The number of rotatable bonds is 7. The van der Waals surface area contributed by atoms with Gasteiger partial charge in [-0.25, -0.2) is 10.5 Å². The molecule has 2 heterocycles. The van der Waals surface area contributed by atoms with Crippen LogP contribution in [0.15, 0.2) is 18.5 Å². The zero-order chi connectivity index (χ0) is 15.1. The van der Waals surface area contributed by atoms with E-state index in [1.54, 1.807) is 18.5 Å². The number of hydrazine groups is 1. The molecule has 10 nitrogen and oxygen atoms in total. The van der Waals surface area contributed by atoms with E-state index in [1.165, 1.54) is 4.68 Å². The van der Waals surface area contributed by atoms with Crippen LogP contribution in [0.3, 0.4) is 0 Å². The van der Waals surface area contributed by atoms with Gasteiger partial charge in [-0.3, -0.25) is 10.2 Å². The molecule has 5 N–H and O–H groups in total. The first-order valence-corrected chi connectivity index (χ1v) is 6.46. The number of anilines is 2. The summed E-state index contributed by atoms with van der Waals surface area (Å²) < 4.78 is 1.46. The number of nitrogens with zero attached hydrogens (tertiary/aromatic N) is 5. The highest BCUT2D eigenvalue weighted by Crippen LogP contribution is 2.07. The summed E-state index contributed by atoms with van der Waals surface area (Å²) in [4.78, 5) is 23.8. The normalized spacial score (nSPS) is 10.2. The fraction of sp³-hybridized carbons (Fsp3) is 0.364. The minimum Gasteiger partial charge on any atom is -0.355 e. The van der Waals surface area contributed by atoms with E-state index in [9.17, 15) is 4.79 Å². The molecule has 0 spiro atoms. The van der Waals surface area contributed by atoms with E-state index in [2.05, 4.69) is 36.1 Å². The molecule has 0 atom stereocenters. The molecule has 0 saturated heterocycles. The first-order chi connectivity index (χ1) is 10.2. The van der Waals surface area contributed by atoms with Gasteiger partial charge in [-0.05, 0) is 12.5 Å². The second kappa shape index (κ2) is 7.14. The maximum absolute atomic E-state index is 11.5. The smallest absolute Gasteiger partial charge is 0.257 e. The predicted octanol–water partition coefficient (Wildman–Crippen LogP) is -0.719. The number of carbonyl (C=O) groups is 1. The maximum atomic E-state index is 11.5. The molecule has 0 radical (unpaired) electrons. The highest BCUT2D eigenvalue weighted by atomic mass is 16.1. The van der Waals surface area contributed by atoms with Crippen molar-refractivity contribution in [2.75, 3.05) is 23.8 Å². The number of hydrogen-bond acceptors (Lipinski definition) is 8. The number of hydrogen-bond donors (Lipinski definition) is 4. The van der Waals surface area contributed by atoms with E-state index in [0.717, 1.165) is 6.42 Å². The second-order valence-electron chi connectivity index (χ2n) is 4.08. The molecule has 1 amide bonds. The van der Waals surface area contributed by atoms with E-state index in [1.807, 2.05) is 6.92 Å². The number of carbonyl (C=O) groups excluding carboxylic acids is 1. The predicted molar refractivity (Wildman–Crippen MR) is 76.5 cm³/mol. The Morgan fingerprint density at radius 3 is 2.81 bits per heavy atom. The van der Waals surface area contributed by atoms with Crippen LogP contribution in [0.4, 0.5) is 11.9 Å². The molecular weight excluding hydrogens is 274 g/mol. The van der Waals surface area contributed by atoms with Crippen molar-refractivity contribution < 1.29 is 4.79 Å². The van der Waals surface area contributed by atoms with Gasteiger partial charge in [-0.2, -0.15) is 20.1 Å². The van der Waals surface area contributed by atoms with E-state index in [-0.39, 0.29) is 24.3 Å². The maximum Gasteiger partial charge on any atom is 0.257 e. The number of amides is 1. The monoisotopic (exact) mass is 291 g/mol. The largest absolute Gasteiger partial charge is 0.355 e. The zero-order valence-corrected chi connectivity index (χ0v) is 11.6. The third kappa shape index (κ3) is 4.11. The number of nitrogens with one attached hydrogen (secondary N) is 3. The summed E-state index contributed by atoms with van der Waals surface area (Å²) in [6.45, 7) is 2.67. The highest BCUT2D eigenvalue weighted by Gasteiger charge is 2.09.